The van der Waals surface area contributed by atoms with Gasteiger partial charge in [0.2, 0.25) is 5.91 Å². The number of hydrogen-bond acceptors (Lipinski definition) is 11. The number of rotatable bonds is 14. The summed E-state index contributed by atoms with van der Waals surface area (Å²) < 4.78 is 59.5. The lowest BCUT2D eigenvalue weighted by Gasteiger charge is -2.64. The van der Waals surface area contributed by atoms with E-state index in [0.29, 0.717) is 23.8 Å². The molecule has 3 aliphatic carbocycles. The first kappa shape index (κ1) is 42.9. The van der Waals surface area contributed by atoms with Gasteiger partial charge in [0.05, 0.1) is 44.0 Å². The number of halogens is 3. The topological polar surface area (TPSA) is 194 Å². The standard InChI is InChI=1S/C38H47BClF2N5O11/c1-37(2)19-15-23(37)38(3)24(16-19)57-39(58-38)25(14-18-8-9-21(41)26(35(51)52)29(18)54-5)44-32(48)28(20-17-22(42)30(55-6)31(56-7)27(20)40)45-36(53)47-13-12-46(11-10-43-4)33(49)34(47)50/h8-9,17,19,23-25,28,43H,10-16H2,1-7H3,(H,44,48)(H,45,53)(H,51,52)/t19-,23-,24+,25?,28?,38-/m0/s1. The molecule has 2 unspecified atom stereocenters. The van der Waals surface area contributed by atoms with Crippen molar-refractivity contribution < 1.29 is 61.4 Å². The molecule has 20 heteroatoms. The second-order valence-electron chi connectivity index (χ2n) is 15.6. The number of amides is 5. The Kier molecular flexibility index (Phi) is 12.2. The van der Waals surface area contributed by atoms with Crippen LogP contribution in [0.4, 0.5) is 13.6 Å². The summed E-state index contributed by atoms with van der Waals surface area (Å²) in [6.07, 6.45) is 0.965. The van der Waals surface area contributed by atoms with Gasteiger partial charge in [-0.2, -0.15) is 0 Å². The first-order chi connectivity index (χ1) is 27.4. The van der Waals surface area contributed by atoms with E-state index in [1.54, 1.807) is 7.05 Å². The molecule has 5 amide bonds. The number of benzene rings is 2. The number of carbonyl (C=O) groups is 5. The van der Waals surface area contributed by atoms with Gasteiger partial charge in [0.15, 0.2) is 17.3 Å². The zero-order valence-corrected chi connectivity index (χ0v) is 34.0. The largest absolute Gasteiger partial charge is 0.495 e. The van der Waals surface area contributed by atoms with E-state index in [2.05, 4.69) is 29.8 Å². The summed E-state index contributed by atoms with van der Waals surface area (Å²) in [6, 6.07) is 0.109. The summed E-state index contributed by atoms with van der Waals surface area (Å²) >= 11 is 6.73. The van der Waals surface area contributed by atoms with Crippen LogP contribution >= 0.6 is 11.6 Å². The van der Waals surface area contributed by atoms with Crippen molar-refractivity contribution in [1.82, 2.24) is 25.8 Å². The predicted octanol–water partition coefficient (Wildman–Crippen LogP) is 2.98. The molecule has 7 rings (SSSR count). The van der Waals surface area contributed by atoms with Crippen LogP contribution in [0.5, 0.6) is 17.2 Å². The maximum absolute atomic E-state index is 15.6. The van der Waals surface area contributed by atoms with Crippen molar-refractivity contribution in [1.29, 1.82) is 0 Å². The maximum atomic E-state index is 15.6. The number of carboxylic acids is 1. The van der Waals surface area contributed by atoms with Crippen molar-refractivity contribution in [2.45, 2.75) is 63.7 Å². The van der Waals surface area contributed by atoms with Crippen molar-refractivity contribution in [3.8, 4) is 17.2 Å². The highest BCUT2D eigenvalue weighted by molar-refractivity contribution is 6.48. The smallest absolute Gasteiger partial charge is 0.482 e. The van der Waals surface area contributed by atoms with Gasteiger partial charge in [-0.05, 0) is 68.2 Å². The first-order valence-electron chi connectivity index (χ1n) is 18.8. The Labute approximate surface area is 339 Å². The molecule has 2 saturated heterocycles. The van der Waals surface area contributed by atoms with Crippen LogP contribution in [0.1, 0.15) is 61.1 Å². The number of methoxy groups -OCH3 is 3. The van der Waals surface area contributed by atoms with Crippen LogP contribution in [0.25, 0.3) is 0 Å². The lowest BCUT2D eigenvalue weighted by molar-refractivity contribution is -0.199. The molecule has 5 aliphatic rings. The van der Waals surface area contributed by atoms with Crippen molar-refractivity contribution in [2.75, 3.05) is 54.6 Å². The van der Waals surface area contributed by atoms with Gasteiger partial charge >= 0.3 is 30.9 Å². The lowest BCUT2D eigenvalue weighted by Crippen LogP contribution is -2.65. The quantitative estimate of drug-likeness (QED) is 0.161. The maximum Gasteiger partial charge on any atom is 0.482 e. The Morgan fingerprint density at radius 1 is 1.00 bits per heavy atom. The van der Waals surface area contributed by atoms with Crippen molar-refractivity contribution >= 4 is 48.4 Å². The fraction of sp³-hybridized carbons (Fsp3) is 0.553. The normalized spacial score (nSPS) is 24.4. The zero-order chi connectivity index (χ0) is 42.4. The number of piperazine rings is 1. The summed E-state index contributed by atoms with van der Waals surface area (Å²) in [5, 5.41) is 17.7. The van der Waals surface area contributed by atoms with Gasteiger partial charge in [-0.3, -0.25) is 19.3 Å². The zero-order valence-electron chi connectivity index (χ0n) is 33.2. The number of nitrogens with one attached hydrogen (secondary N) is 3. The average Bonchev–Trinajstić information content (AvgIpc) is 3.55. The molecule has 2 heterocycles. The van der Waals surface area contributed by atoms with Gasteiger partial charge < -0.3 is 49.5 Å². The third-order valence-electron chi connectivity index (χ3n) is 12.3. The molecule has 0 spiro atoms. The molecule has 314 valence electrons. The number of ether oxygens (including phenoxy) is 3. The highest BCUT2D eigenvalue weighted by Crippen LogP contribution is 2.65. The molecular formula is C38H47BClF2N5O11. The molecule has 2 aromatic carbocycles. The highest BCUT2D eigenvalue weighted by Gasteiger charge is 2.68. The molecule has 0 radical (unpaired) electrons. The Morgan fingerprint density at radius 3 is 2.31 bits per heavy atom. The van der Waals surface area contributed by atoms with E-state index in [4.69, 9.17) is 35.1 Å². The molecule has 16 nitrogen and oxygen atoms in total. The lowest BCUT2D eigenvalue weighted by atomic mass is 9.43. The molecule has 2 aliphatic heterocycles. The van der Waals surface area contributed by atoms with Gasteiger partial charge in [0.25, 0.3) is 0 Å². The summed E-state index contributed by atoms with van der Waals surface area (Å²) in [6.45, 7) is 6.68. The number of hydrogen-bond donors (Lipinski definition) is 4. The van der Waals surface area contributed by atoms with Crippen LogP contribution in [-0.2, 0) is 30.1 Å². The molecule has 4 N–H and O–H groups in total. The number of aromatic carboxylic acids is 1. The van der Waals surface area contributed by atoms with E-state index in [-0.39, 0.29) is 76.9 Å². The molecule has 3 saturated carbocycles. The summed E-state index contributed by atoms with van der Waals surface area (Å²) in [7, 11) is 4.05. The summed E-state index contributed by atoms with van der Waals surface area (Å²) in [5.74, 6) is -8.45. The van der Waals surface area contributed by atoms with Gasteiger partial charge in [0, 0.05) is 31.7 Å². The number of urea groups is 1. The second-order valence-corrected chi connectivity index (χ2v) is 16.0. The molecule has 6 atom stereocenters. The van der Waals surface area contributed by atoms with Crippen LogP contribution < -0.4 is 30.2 Å². The van der Waals surface area contributed by atoms with Crippen molar-refractivity contribution in [2.24, 2.45) is 17.3 Å². The second kappa shape index (κ2) is 16.5. The number of imide groups is 1. The molecule has 2 aromatic rings. The minimum Gasteiger partial charge on any atom is -0.495 e. The van der Waals surface area contributed by atoms with E-state index in [9.17, 15) is 33.5 Å². The molecular weight excluding hydrogens is 787 g/mol. The highest BCUT2D eigenvalue weighted by atomic mass is 35.5. The summed E-state index contributed by atoms with van der Waals surface area (Å²) in [5.41, 5.74) is -1.71. The van der Waals surface area contributed by atoms with Crippen LogP contribution in [0.15, 0.2) is 18.2 Å². The van der Waals surface area contributed by atoms with Gasteiger partial charge in [0.1, 0.15) is 23.2 Å². The van der Waals surface area contributed by atoms with Crippen molar-refractivity contribution in [3.05, 3.63) is 51.5 Å². The van der Waals surface area contributed by atoms with E-state index < -0.39 is 71.6 Å². The van der Waals surface area contributed by atoms with E-state index in [1.165, 1.54) is 32.3 Å². The van der Waals surface area contributed by atoms with Gasteiger partial charge in [-0.25, -0.2) is 18.4 Å². The van der Waals surface area contributed by atoms with Crippen LogP contribution in [-0.4, -0.2) is 124 Å². The van der Waals surface area contributed by atoms with E-state index >= 15 is 4.39 Å². The van der Waals surface area contributed by atoms with E-state index in [0.717, 1.165) is 18.6 Å². The van der Waals surface area contributed by atoms with Crippen molar-refractivity contribution in [3.63, 3.8) is 0 Å². The average molecular weight is 834 g/mol. The Hall–Kier alpha value is -4.72. The van der Waals surface area contributed by atoms with Crippen LogP contribution in [0.2, 0.25) is 5.02 Å². The van der Waals surface area contributed by atoms with Crippen LogP contribution in [0.3, 0.4) is 0 Å². The third-order valence-corrected chi connectivity index (χ3v) is 12.7. The third kappa shape index (κ3) is 7.41. The minimum absolute atomic E-state index is 0.0110. The summed E-state index contributed by atoms with van der Waals surface area (Å²) in [4.78, 5) is 68.8. The Balaban J connectivity index is 1.39. The SMILES string of the molecule is CNCCN1CCN(C(=O)NC(C(=O)NC(Cc2ccc(F)c(C(=O)O)c2OC)B2O[C@@H]3C[C@@H]4C[C@@H](C4(C)C)[C@]3(C)O2)c2cc(F)c(OC)c(OC)c2Cl)C(=O)C1=O. The fourth-order valence-electron chi connectivity index (χ4n) is 8.99. The number of likely N-dealkylation sites (N-methyl/N-ethyl adjacent to an activating group) is 1. The number of carboxylic acid groups (broad SMARTS) is 1. The number of nitrogens with zero attached hydrogens (tertiary/aromatic N) is 2. The minimum atomic E-state index is -1.86. The van der Waals surface area contributed by atoms with Gasteiger partial charge in [-0.15, -0.1) is 0 Å². The number of carbonyl (C=O) groups excluding carboxylic acids is 4. The molecule has 58 heavy (non-hydrogen) atoms. The van der Waals surface area contributed by atoms with Crippen LogP contribution in [0, 0.1) is 28.9 Å². The monoisotopic (exact) mass is 833 g/mol. The van der Waals surface area contributed by atoms with E-state index in [1.807, 2.05) is 6.92 Å². The molecule has 5 fully saturated rings. The fourth-order valence-corrected chi connectivity index (χ4v) is 9.31. The molecule has 2 bridgehead atoms. The van der Waals surface area contributed by atoms with Gasteiger partial charge in [-0.1, -0.05) is 31.5 Å². The molecule has 0 aromatic heterocycles. The predicted molar refractivity (Wildman–Crippen MR) is 204 cm³/mol. The first-order valence-corrected chi connectivity index (χ1v) is 19.2. The Morgan fingerprint density at radius 2 is 1.69 bits per heavy atom. The Bertz CT molecular complexity index is 2010.